The van der Waals surface area contributed by atoms with Crippen LogP contribution in [-0.2, 0) is 29.1 Å². The molecule has 4 aromatic carbocycles. The van der Waals surface area contributed by atoms with Crippen molar-refractivity contribution in [1.82, 2.24) is 25.1 Å². The highest BCUT2D eigenvalue weighted by Crippen LogP contribution is 2.32. The Morgan fingerprint density at radius 2 is 1.75 bits per heavy atom. The Labute approximate surface area is 306 Å². The van der Waals surface area contributed by atoms with Crippen molar-refractivity contribution in [3.63, 3.8) is 0 Å². The molecule has 0 radical (unpaired) electrons. The molecule has 48 heavy (non-hydrogen) atoms. The first-order valence-electron chi connectivity index (χ1n) is 16.1. The minimum Gasteiger partial charge on any atom is -0.464 e. The van der Waals surface area contributed by atoms with Crippen molar-refractivity contribution >= 4 is 84.8 Å². The van der Waals surface area contributed by atoms with Crippen molar-refractivity contribution in [3.8, 4) is 0 Å². The number of halogens is 2. The number of amides is 4. The summed E-state index contributed by atoms with van der Waals surface area (Å²) in [5.74, 6) is -0.255. The van der Waals surface area contributed by atoms with E-state index in [-0.39, 0.29) is 30.9 Å². The van der Waals surface area contributed by atoms with E-state index in [2.05, 4.69) is 80.8 Å². The number of furan rings is 1. The third kappa shape index (κ3) is 6.51. The second-order valence-corrected chi connectivity index (χ2v) is 14.6. The van der Waals surface area contributed by atoms with E-state index in [1.807, 2.05) is 71.4 Å². The molecular formula is C37H35I2N5O4. The van der Waals surface area contributed by atoms with E-state index in [9.17, 15) is 14.4 Å². The van der Waals surface area contributed by atoms with Gasteiger partial charge in [-0.25, -0.2) is 4.79 Å². The molecule has 2 saturated heterocycles. The highest BCUT2D eigenvalue weighted by atomic mass is 127. The number of benzene rings is 4. The van der Waals surface area contributed by atoms with E-state index in [0.29, 0.717) is 32.5 Å². The highest BCUT2D eigenvalue weighted by molar-refractivity contribution is 14.1. The van der Waals surface area contributed by atoms with E-state index >= 15 is 0 Å². The number of fused-ring (bicyclic) bond motifs is 3. The van der Waals surface area contributed by atoms with Gasteiger partial charge in [-0.15, -0.1) is 0 Å². The highest BCUT2D eigenvalue weighted by Gasteiger charge is 2.52. The monoisotopic (exact) mass is 867 g/mol. The van der Waals surface area contributed by atoms with E-state index in [1.165, 1.54) is 0 Å². The topological polar surface area (TPSA) is 89.3 Å². The van der Waals surface area contributed by atoms with Gasteiger partial charge in [-0.05, 0) is 109 Å². The molecule has 3 heterocycles. The van der Waals surface area contributed by atoms with Crippen molar-refractivity contribution in [2.24, 2.45) is 0 Å². The Morgan fingerprint density at radius 1 is 0.938 bits per heavy atom. The number of rotatable bonds is 9. The quantitative estimate of drug-likeness (QED) is 0.166. The summed E-state index contributed by atoms with van der Waals surface area (Å²) in [6.45, 7) is 3.53. The van der Waals surface area contributed by atoms with Crippen LogP contribution < -0.4 is 5.32 Å². The standard InChI is InChI=1S/C37H35I2N5O4/c1-2-15-42(37(47)40-20-25-10-12-30(38)31(39)18-25)43-23-35(45)44-32(19-24-11-13-33-27(17-24)14-16-48-33)36(46)41(22-34(43)44)21-28-8-5-7-26-6-3-4-9-29(26)28/h3-14,16-18,32,34H,2,15,19-23H2,1H3,(H,40,47)/t32-,34+/m0/s1. The molecule has 9 nitrogen and oxygen atoms in total. The molecule has 0 spiro atoms. The van der Waals surface area contributed by atoms with Crippen LogP contribution >= 0.6 is 45.2 Å². The summed E-state index contributed by atoms with van der Waals surface area (Å²) in [4.78, 5) is 45.7. The van der Waals surface area contributed by atoms with E-state index < -0.39 is 12.2 Å². The average molecular weight is 868 g/mol. The van der Waals surface area contributed by atoms with Gasteiger partial charge in [0.2, 0.25) is 11.8 Å². The molecule has 4 amide bonds. The number of hydrogen-bond donors (Lipinski definition) is 1. The molecule has 0 saturated carbocycles. The summed E-state index contributed by atoms with van der Waals surface area (Å²) in [5.41, 5.74) is 3.76. The van der Waals surface area contributed by atoms with Crippen molar-refractivity contribution in [1.29, 1.82) is 0 Å². The van der Waals surface area contributed by atoms with Crippen LogP contribution in [0.25, 0.3) is 21.7 Å². The Hall–Kier alpha value is -3.69. The maximum Gasteiger partial charge on any atom is 0.332 e. The van der Waals surface area contributed by atoms with Crippen molar-refractivity contribution in [2.75, 3.05) is 19.6 Å². The minimum absolute atomic E-state index is 0.0200. The number of nitrogens with zero attached hydrogens (tertiary/aromatic N) is 4. The van der Waals surface area contributed by atoms with Gasteiger partial charge in [0, 0.05) is 38.6 Å². The molecular weight excluding hydrogens is 832 g/mol. The zero-order valence-electron chi connectivity index (χ0n) is 26.4. The van der Waals surface area contributed by atoms with E-state index in [1.54, 1.807) is 16.2 Å². The van der Waals surface area contributed by atoms with E-state index in [4.69, 9.17) is 4.42 Å². The number of carbonyl (C=O) groups excluding carboxylic acids is 3. The van der Waals surface area contributed by atoms with Crippen LogP contribution in [0.5, 0.6) is 0 Å². The SMILES string of the molecule is CCCN(C(=O)NCc1ccc(I)c(I)c1)N1CC(=O)N2[C@@H](Cc3ccc4occc4c3)C(=O)N(Cc3cccc4ccccc34)C[C@@H]21. The molecule has 5 aromatic rings. The van der Waals surface area contributed by atoms with Gasteiger partial charge in [0.25, 0.3) is 0 Å². The van der Waals surface area contributed by atoms with Gasteiger partial charge in [-0.3, -0.25) is 14.6 Å². The fourth-order valence-electron chi connectivity index (χ4n) is 6.87. The molecule has 11 heteroatoms. The molecule has 1 aromatic heterocycles. The minimum atomic E-state index is -0.721. The van der Waals surface area contributed by atoms with E-state index in [0.717, 1.165) is 45.6 Å². The number of carbonyl (C=O) groups is 3. The van der Waals surface area contributed by atoms with Crippen molar-refractivity contribution in [3.05, 3.63) is 115 Å². The van der Waals surface area contributed by atoms with Gasteiger partial charge < -0.3 is 19.5 Å². The smallest absolute Gasteiger partial charge is 0.332 e. The summed E-state index contributed by atoms with van der Waals surface area (Å²) in [7, 11) is 0. The largest absolute Gasteiger partial charge is 0.464 e. The Morgan fingerprint density at radius 3 is 2.58 bits per heavy atom. The Bertz CT molecular complexity index is 2010. The average Bonchev–Trinajstić information content (AvgIpc) is 3.69. The summed E-state index contributed by atoms with van der Waals surface area (Å²) in [6, 6.07) is 27.2. The van der Waals surface area contributed by atoms with Gasteiger partial charge in [-0.2, -0.15) is 5.01 Å². The third-order valence-corrected chi connectivity index (χ3v) is 12.0. The van der Waals surface area contributed by atoms with Crippen LogP contribution in [0.2, 0.25) is 0 Å². The van der Waals surface area contributed by atoms with Gasteiger partial charge in [0.15, 0.2) is 0 Å². The summed E-state index contributed by atoms with van der Waals surface area (Å²) >= 11 is 4.59. The predicted molar refractivity (Wildman–Crippen MR) is 202 cm³/mol. The van der Waals surface area contributed by atoms with Crippen LogP contribution in [0.4, 0.5) is 4.79 Å². The molecule has 1 N–H and O–H groups in total. The number of piperazine rings is 1. The van der Waals surface area contributed by atoms with Gasteiger partial charge in [0.1, 0.15) is 17.8 Å². The number of hydrogen-bond acceptors (Lipinski definition) is 5. The molecule has 2 fully saturated rings. The lowest BCUT2D eigenvalue weighted by molar-refractivity contribution is -0.157. The second kappa shape index (κ2) is 14.0. The van der Waals surface area contributed by atoms with Crippen LogP contribution in [0.3, 0.4) is 0 Å². The fourth-order valence-corrected chi connectivity index (χ4v) is 7.78. The first-order valence-corrected chi connectivity index (χ1v) is 18.2. The van der Waals surface area contributed by atoms with Gasteiger partial charge >= 0.3 is 6.03 Å². The summed E-state index contributed by atoms with van der Waals surface area (Å²) in [6.07, 6.45) is 2.22. The zero-order valence-corrected chi connectivity index (χ0v) is 30.8. The normalized spacial score (nSPS) is 18.1. The van der Waals surface area contributed by atoms with Crippen LogP contribution in [-0.4, -0.2) is 69.5 Å². The number of nitrogens with one attached hydrogen (secondary N) is 1. The van der Waals surface area contributed by atoms with Gasteiger partial charge in [-0.1, -0.05) is 61.5 Å². The second-order valence-electron chi connectivity index (χ2n) is 12.3. The molecule has 2 aliphatic heterocycles. The fraction of sp³-hybridized carbons (Fsp3) is 0.270. The molecule has 0 bridgehead atoms. The lowest BCUT2D eigenvalue weighted by Crippen LogP contribution is -2.66. The Kier molecular flexibility index (Phi) is 9.61. The summed E-state index contributed by atoms with van der Waals surface area (Å²) < 4.78 is 7.83. The van der Waals surface area contributed by atoms with Gasteiger partial charge in [0.05, 0.1) is 19.4 Å². The lowest BCUT2D eigenvalue weighted by Gasteiger charge is -2.46. The van der Waals surface area contributed by atoms with Crippen molar-refractivity contribution < 1.29 is 18.8 Å². The molecule has 0 unspecified atom stereocenters. The third-order valence-electron chi connectivity index (χ3n) is 9.16. The maximum absolute atomic E-state index is 14.4. The molecule has 7 rings (SSSR count). The zero-order chi connectivity index (χ0) is 33.4. The van der Waals surface area contributed by atoms with Crippen LogP contribution in [0.1, 0.15) is 30.0 Å². The molecule has 2 aliphatic rings. The number of hydrazine groups is 1. The maximum atomic E-state index is 14.4. The Balaban J connectivity index is 1.20. The molecule has 246 valence electrons. The number of urea groups is 1. The molecule has 2 atom stereocenters. The lowest BCUT2D eigenvalue weighted by atomic mass is 9.98. The summed E-state index contributed by atoms with van der Waals surface area (Å²) in [5, 5.41) is 9.77. The van der Waals surface area contributed by atoms with Crippen LogP contribution in [0, 0.1) is 7.14 Å². The van der Waals surface area contributed by atoms with Crippen LogP contribution in [0.15, 0.2) is 95.6 Å². The first-order chi connectivity index (χ1) is 23.3. The first kappa shape index (κ1) is 32.8. The van der Waals surface area contributed by atoms with Crippen molar-refractivity contribution in [2.45, 2.75) is 45.1 Å². The molecule has 0 aliphatic carbocycles. The predicted octanol–water partition coefficient (Wildman–Crippen LogP) is 6.76.